The number of carbonyl (C=O) groups excluding carboxylic acids is 1. The van der Waals surface area contributed by atoms with Crippen molar-refractivity contribution >= 4 is 32.9 Å². The third kappa shape index (κ3) is 2.55. The lowest BCUT2D eigenvalue weighted by Gasteiger charge is -2.04. The van der Waals surface area contributed by atoms with Crippen molar-refractivity contribution in [3.8, 4) is 11.3 Å². The van der Waals surface area contributed by atoms with E-state index in [0.717, 1.165) is 21.0 Å². The fourth-order valence-electron chi connectivity index (χ4n) is 2.52. The van der Waals surface area contributed by atoms with Crippen LogP contribution in [0, 0.1) is 6.92 Å². The number of benzene rings is 2. The fourth-order valence-corrected chi connectivity index (χ4v) is 2.79. The quantitative estimate of drug-likeness (QED) is 0.592. The Bertz CT molecular complexity index is 831. The highest BCUT2D eigenvalue weighted by molar-refractivity contribution is 9.10. The molecule has 3 nitrogen and oxygen atoms in total. The molecule has 112 valence electrons. The summed E-state index contributed by atoms with van der Waals surface area (Å²) in [7, 11) is 0. The molecule has 0 amide bonds. The number of esters is 1. The number of hydrogen-bond acceptors (Lipinski definition) is 3. The van der Waals surface area contributed by atoms with Gasteiger partial charge in [0.15, 0.2) is 0 Å². The molecular weight excluding hydrogens is 344 g/mol. The number of rotatable bonds is 3. The first-order valence-corrected chi connectivity index (χ1v) is 7.86. The van der Waals surface area contributed by atoms with E-state index in [1.165, 1.54) is 0 Å². The van der Waals surface area contributed by atoms with Crippen LogP contribution in [0.2, 0.25) is 0 Å². The zero-order valence-electron chi connectivity index (χ0n) is 12.4. The lowest BCUT2D eigenvalue weighted by molar-refractivity contribution is 0.0528. The van der Waals surface area contributed by atoms with Gasteiger partial charge >= 0.3 is 5.97 Å². The average Bonchev–Trinajstić information content (AvgIpc) is 2.89. The molecule has 3 rings (SSSR count). The minimum absolute atomic E-state index is 0.331. The molecule has 4 heteroatoms. The molecule has 0 saturated carbocycles. The Morgan fingerprint density at radius 2 is 1.91 bits per heavy atom. The molecule has 22 heavy (non-hydrogen) atoms. The van der Waals surface area contributed by atoms with Gasteiger partial charge < -0.3 is 9.15 Å². The second-order valence-corrected chi connectivity index (χ2v) is 5.90. The van der Waals surface area contributed by atoms with E-state index in [9.17, 15) is 4.79 Å². The molecule has 0 aliphatic heterocycles. The maximum absolute atomic E-state index is 12.4. The van der Waals surface area contributed by atoms with Gasteiger partial charge in [0.1, 0.15) is 16.9 Å². The summed E-state index contributed by atoms with van der Waals surface area (Å²) in [5.74, 6) is 0.198. The van der Waals surface area contributed by atoms with E-state index in [1.807, 2.05) is 49.4 Å². The van der Waals surface area contributed by atoms with E-state index in [1.54, 1.807) is 6.92 Å². The van der Waals surface area contributed by atoms with Crippen LogP contribution in [0.25, 0.3) is 22.3 Å². The molecule has 1 heterocycles. The lowest BCUT2D eigenvalue weighted by Crippen LogP contribution is -2.05. The zero-order chi connectivity index (χ0) is 15.7. The van der Waals surface area contributed by atoms with Gasteiger partial charge in [0.2, 0.25) is 0 Å². The number of fused-ring (bicyclic) bond motifs is 1. The Labute approximate surface area is 137 Å². The average molecular weight is 359 g/mol. The molecule has 0 atom stereocenters. The SMILES string of the molecule is CCOC(=O)c1c(-c2ccc(Br)cc2)oc2cccc(C)c12. The summed E-state index contributed by atoms with van der Waals surface area (Å²) >= 11 is 3.41. The number of hydrogen-bond donors (Lipinski definition) is 0. The van der Waals surface area contributed by atoms with Crippen LogP contribution >= 0.6 is 15.9 Å². The van der Waals surface area contributed by atoms with E-state index in [-0.39, 0.29) is 5.97 Å². The Hall–Kier alpha value is -2.07. The number of ether oxygens (including phenoxy) is 1. The molecular formula is C18H15BrO3. The molecule has 0 fully saturated rings. The molecule has 0 bridgehead atoms. The van der Waals surface area contributed by atoms with Gasteiger partial charge in [-0.25, -0.2) is 4.79 Å². The maximum Gasteiger partial charge on any atom is 0.342 e. The molecule has 0 aliphatic carbocycles. The van der Waals surface area contributed by atoms with E-state index >= 15 is 0 Å². The second-order valence-electron chi connectivity index (χ2n) is 4.98. The van der Waals surface area contributed by atoms with Crippen LogP contribution in [0.4, 0.5) is 0 Å². The largest absolute Gasteiger partial charge is 0.462 e. The van der Waals surface area contributed by atoms with E-state index in [4.69, 9.17) is 9.15 Å². The van der Waals surface area contributed by atoms with Gasteiger partial charge in [-0.1, -0.05) is 40.2 Å². The Morgan fingerprint density at radius 1 is 1.18 bits per heavy atom. The number of carbonyl (C=O) groups is 1. The van der Waals surface area contributed by atoms with Crippen molar-refractivity contribution in [3.05, 3.63) is 58.1 Å². The minimum Gasteiger partial charge on any atom is -0.462 e. The van der Waals surface area contributed by atoms with Crippen molar-refractivity contribution < 1.29 is 13.9 Å². The van der Waals surface area contributed by atoms with Crippen LogP contribution in [0.15, 0.2) is 51.4 Å². The zero-order valence-corrected chi connectivity index (χ0v) is 13.9. The molecule has 0 unspecified atom stereocenters. The van der Waals surface area contributed by atoms with Gasteiger partial charge in [0.05, 0.1) is 6.61 Å². The fraction of sp³-hybridized carbons (Fsp3) is 0.167. The Balaban J connectivity index is 2.29. The first kappa shape index (κ1) is 14.9. The smallest absolute Gasteiger partial charge is 0.342 e. The summed E-state index contributed by atoms with van der Waals surface area (Å²) in [6.45, 7) is 4.09. The molecule has 1 aromatic heterocycles. The van der Waals surface area contributed by atoms with Crippen molar-refractivity contribution in [2.75, 3.05) is 6.61 Å². The molecule has 0 N–H and O–H groups in total. The summed E-state index contributed by atoms with van der Waals surface area (Å²) in [6.07, 6.45) is 0. The molecule has 0 spiro atoms. The molecule has 2 aromatic carbocycles. The van der Waals surface area contributed by atoms with Gasteiger partial charge in [-0.3, -0.25) is 0 Å². The maximum atomic E-state index is 12.4. The molecule has 0 aliphatic rings. The van der Waals surface area contributed by atoms with Crippen LogP contribution in [-0.2, 0) is 4.74 Å². The van der Waals surface area contributed by atoms with Crippen LogP contribution in [-0.4, -0.2) is 12.6 Å². The van der Waals surface area contributed by atoms with Gasteiger partial charge in [-0.15, -0.1) is 0 Å². The first-order chi connectivity index (χ1) is 10.6. The van der Waals surface area contributed by atoms with E-state index < -0.39 is 0 Å². The minimum atomic E-state index is -0.353. The molecule has 3 aromatic rings. The summed E-state index contributed by atoms with van der Waals surface area (Å²) in [6, 6.07) is 13.4. The van der Waals surface area contributed by atoms with Crippen LogP contribution in [0.5, 0.6) is 0 Å². The number of furan rings is 1. The van der Waals surface area contributed by atoms with Crippen molar-refractivity contribution in [1.29, 1.82) is 0 Å². The number of aryl methyl sites for hydroxylation is 1. The second kappa shape index (κ2) is 5.97. The summed E-state index contributed by atoms with van der Waals surface area (Å²) in [5.41, 5.74) is 3.03. The van der Waals surface area contributed by atoms with Gasteiger partial charge in [-0.05, 0) is 37.6 Å². The van der Waals surface area contributed by atoms with Gasteiger partial charge in [0.25, 0.3) is 0 Å². The summed E-state index contributed by atoms with van der Waals surface area (Å²) in [4.78, 5) is 12.4. The topological polar surface area (TPSA) is 39.4 Å². The molecule has 0 radical (unpaired) electrons. The highest BCUT2D eigenvalue weighted by Crippen LogP contribution is 2.36. The van der Waals surface area contributed by atoms with Crippen molar-refractivity contribution in [3.63, 3.8) is 0 Å². The van der Waals surface area contributed by atoms with Crippen LogP contribution in [0.1, 0.15) is 22.8 Å². The van der Waals surface area contributed by atoms with Crippen LogP contribution in [0.3, 0.4) is 0 Å². The first-order valence-electron chi connectivity index (χ1n) is 7.07. The van der Waals surface area contributed by atoms with E-state index in [0.29, 0.717) is 23.5 Å². The predicted octanol–water partition coefficient (Wildman–Crippen LogP) is 5.35. The third-order valence-corrected chi connectivity index (χ3v) is 4.04. The summed E-state index contributed by atoms with van der Waals surface area (Å²) in [5, 5.41) is 0.818. The normalized spacial score (nSPS) is 10.9. The van der Waals surface area contributed by atoms with Crippen molar-refractivity contribution in [2.24, 2.45) is 0 Å². The monoisotopic (exact) mass is 358 g/mol. The van der Waals surface area contributed by atoms with Crippen molar-refractivity contribution in [1.82, 2.24) is 0 Å². The highest BCUT2D eigenvalue weighted by atomic mass is 79.9. The summed E-state index contributed by atoms with van der Waals surface area (Å²) < 4.78 is 12.2. The van der Waals surface area contributed by atoms with E-state index in [2.05, 4.69) is 15.9 Å². The lowest BCUT2D eigenvalue weighted by atomic mass is 10.0. The predicted molar refractivity (Wildman–Crippen MR) is 90.0 cm³/mol. The molecule has 0 saturated heterocycles. The van der Waals surface area contributed by atoms with Crippen LogP contribution < -0.4 is 0 Å². The third-order valence-electron chi connectivity index (χ3n) is 3.51. The number of halogens is 1. The van der Waals surface area contributed by atoms with Gasteiger partial charge in [-0.2, -0.15) is 0 Å². The highest BCUT2D eigenvalue weighted by Gasteiger charge is 2.24. The standard InChI is InChI=1S/C18H15BrO3/c1-3-21-18(20)16-15-11(2)5-4-6-14(15)22-17(16)12-7-9-13(19)10-8-12/h4-10H,3H2,1-2H3. The van der Waals surface area contributed by atoms with Gasteiger partial charge in [0, 0.05) is 15.4 Å². The Kier molecular flexibility index (Phi) is 4.03. The van der Waals surface area contributed by atoms with Crippen molar-refractivity contribution in [2.45, 2.75) is 13.8 Å². The Morgan fingerprint density at radius 3 is 2.59 bits per heavy atom.